The van der Waals surface area contributed by atoms with E-state index in [1.165, 1.54) is 0 Å². The van der Waals surface area contributed by atoms with Crippen molar-refractivity contribution in [3.63, 3.8) is 0 Å². The van der Waals surface area contributed by atoms with E-state index in [2.05, 4.69) is 15.3 Å². The second kappa shape index (κ2) is 6.03. The summed E-state index contributed by atoms with van der Waals surface area (Å²) in [6.07, 6.45) is 3.15. The summed E-state index contributed by atoms with van der Waals surface area (Å²) in [6, 6.07) is 5.52. The molecule has 1 fully saturated rings. The number of aromatic nitrogens is 2. The summed E-state index contributed by atoms with van der Waals surface area (Å²) in [5, 5.41) is 4.04. The number of nitrogens with zero attached hydrogens (tertiary/aromatic N) is 2. The van der Waals surface area contributed by atoms with Gasteiger partial charge in [-0.25, -0.2) is 9.37 Å². The van der Waals surface area contributed by atoms with Gasteiger partial charge in [-0.15, -0.1) is 0 Å². The highest BCUT2D eigenvalue weighted by Gasteiger charge is 2.23. The molecular weight excluding hydrogens is 316 g/mol. The van der Waals surface area contributed by atoms with Crippen molar-refractivity contribution in [1.82, 2.24) is 9.97 Å². The van der Waals surface area contributed by atoms with Crippen LogP contribution in [0, 0.1) is 5.82 Å². The van der Waals surface area contributed by atoms with Gasteiger partial charge in [0.05, 0.1) is 6.20 Å². The van der Waals surface area contributed by atoms with Gasteiger partial charge in [0, 0.05) is 16.1 Å². The van der Waals surface area contributed by atoms with Crippen LogP contribution in [0.2, 0.25) is 10.0 Å². The predicted molar refractivity (Wildman–Crippen MR) is 79.4 cm³/mol. The predicted octanol–water partition coefficient (Wildman–Crippen LogP) is 4.08. The molecule has 0 unspecified atom stereocenters. The van der Waals surface area contributed by atoms with Gasteiger partial charge < -0.3 is 10.1 Å². The smallest absolute Gasteiger partial charge is 0.318 e. The normalized spacial score (nSPS) is 14.0. The highest BCUT2D eigenvalue weighted by Crippen LogP contribution is 2.26. The van der Waals surface area contributed by atoms with Crippen LogP contribution in [0.5, 0.6) is 6.01 Å². The number of hydrogen-bond acceptors (Lipinski definition) is 4. The molecule has 1 aromatic heterocycles. The first-order valence-corrected chi connectivity index (χ1v) is 7.22. The Morgan fingerprint density at radius 1 is 1.24 bits per heavy atom. The molecule has 0 amide bonds. The fraction of sp³-hybridized carbons (Fsp3) is 0.286. The number of halogens is 3. The molecule has 1 saturated carbocycles. The zero-order valence-electron chi connectivity index (χ0n) is 10.9. The maximum absolute atomic E-state index is 13.5. The highest BCUT2D eigenvalue weighted by atomic mass is 35.5. The van der Waals surface area contributed by atoms with Crippen LogP contribution in [0.15, 0.2) is 24.4 Å². The molecular formula is C14H12Cl2FN3O. The first-order chi connectivity index (χ1) is 10.1. The molecule has 3 rings (SSSR count). The Hall–Kier alpha value is -1.59. The summed E-state index contributed by atoms with van der Waals surface area (Å²) in [6.45, 7) is 0.203. The van der Waals surface area contributed by atoms with Crippen LogP contribution in [0.4, 0.5) is 10.2 Å². The Balaban J connectivity index is 1.69. The van der Waals surface area contributed by atoms with Gasteiger partial charge in [0.15, 0.2) is 11.6 Å². The van der Waals surface area contributed by atoms with Crippen LogP contribution < -0.4 is 10.1 Å². The largest absolute Gasteiger partial charge is 0.459 e. The van der Waals surface area contributed by atoms with E-state index in [9.17, 15) is 4.39 Å². The SMILES string of the molecule is Fc1cnc(OCc2cc(Cl)cc(Cl)c2)nc1NC1CC1. The molecule has 0 bridgehead atoms. The average molecular weight is 328 g/mol. The number of anilines is 1. The van der Waals surface area contributed by atoms with Crippen LogP contribution >= 0.6 is 23.2 Å². The van der Waals surface area contributed by atoms with Gasteiger partial charge in [-0.2, -0.15) is 4.98 Å². The van der Waals surface area contributed by atoms with Crippen molar-refractivity contribution in [3.05, 3.63) is 45.8 Å². The van der Waals surface area contributed by atoms with Crippen LogP contribution in [0.25, 0.3) is 0 Å². The minimum atomic E-state index is -0.486. The molecule has 2 aromatic rings. The lowest BCUT2D eigenvalue weighted by atomic mass is 10.2. The van der Waals surface area contributed by atoms with E-state index < -0.39 is 5.82 Å². The Morgan fingerprint density at radius 2 is 1.95 bits per heavy atom. The number of ether oxygens (including phenoxy) is 1. The number of rotatable bonds is 5. The lowest BCUT2D eigenvalue weighted by molar-refractivity contribution is 0.280. The van der Waals surface area contributed by atoms with E-state index in [1.807, 2.05) is 0 Å². The maximum Gasteiger partial charge on any atom is 0.318 e. The van der Waals surface area contributed by atoms with Crippen molar-refractivity contribution in [2.45, 2.75) is 25.5 Å². The molecule has 0 aliphatic heterocycles. The molecule has 110 valence electrons. The molecule has 0 saturated heterocycles. The number of hydrogen-bond donors (Lipinski definition) is 1. The van der Waals surface area contributed by atoms with Gasteiger partial charge in [-0.1, -0.05) is 23.2 Å². The number of benzene rings is 1. The van der Waals surface area contributed by atoms with Gasteiger partial charge in [-0.3, -0.25) is 0 Å². The van der Waals surface area contributed by atoms with Crippen molar-refractivity contribution in [2.75, 3.05) is 5.32 Å². The second-order valence-corrected chi connectivity index (χ2v) is 5.71. The van der Waals surface area contributed by atoms with E-state index in [1.54, 1.807) is 18.2 Å². The molecule has 0 radical (unpaired) electrons. The van der Waals surface area contributed by atoms with Gasteiger partial charge >= 0.3 is 6.01 Å². The van der Waals surface area contributed by atoms with Crippen LogP contribution in [0.1, 0.15) is 18.4 Å². The standard InChI is InChI=1S/C14H12Cl2FN3O/c15-9-3-8(4-10(16)5-9)7-21-14-18-6-12(17)13(20-14)19-11-1-2-11/h3-6,11H,1-2,7H2,(H,18,19,20). The average Bonchev–Trinajstić information content (AvgIpc) is 3.22. The molecule has 21 heavy (non-hydrogen) atoms. The fourth-order valence-electron chi connectivity index (χ4n) is 1.78. The van der Waals surface area contributed by atoms with Gasteiger partial charge in [-0.05, 0) is 36.6 Å². The molecule has 1 aliphatic carbocycles. The maximum atomic E-state index is 13.5. The first kappa shape index (κ1) is 14.4. The third-order valence-electron chi connectivity index (χ3n) is 2.93. The molecule has 0 atom stereocenters. The minimum absolute atomic E-state index is 0.107. The quantitative estimate of drug-likeness (QED) is 0.898. The summed E-state index contributed by atoms with van der Waals surface area (Å²) in [7, 11) is 0. The third-order valence-corrected chi connectivity index (χ3v) is 3.37. The van der Waals surface area contributed by atoms with E-state index in [0.29, 0.717) is 16.1 Å². The monoisotopic (exact) mass is 327 g/mol. The summed E-state index contributed by atoms with van der Waals surface area (Å²) in [5.74, 6) is -0.313. The van der Waals surface area contributed by atoms with Crippen molar-refractivity contribution in [1.29, 1.82) is 0 Å². The summed E-state index contributed by atoms with van der Waals surface area (Å²) in [4.78, 5) is 7.84. The highest BCUT2D eigenvalue weighted by molar-refractivity contribution is 6.34. The van der Waals surface area contributed by atoms with E-state index >= 15 is 0 Å². The zero-order chi connectivity index (χ0) is 14.8. The van der Waals surface area contributed by atoms with Crippen LogP contribution in [-0.2, 0) is 6.61 Å². The van der Waals surface area contributed by atoms with E-state index in [0.717, 1.165) is 24.6 Å². The molecule has 0 spiro atoms. The summed E-state index contributed by atoms with van der Waals surface area (Å²) >= 11 is 11.8. The van der Waals surface area contributed by atoms with Crippen LogP contribution in [-0.4, -0.2) is 16.0 Å². The van der Waals surface area contributed by atoms with E-state index in [-0.39, 0.29) is 18.4 Å². The van der Waals surface area contributed by atoms with Gasteiger partial charge in [0.2, 0.25) is 0 Å². The second-order valence-electron chi connectivity index (χ2n) is 4.83. The van der Waals surface area contributed by atoms with Crippen molar-refractivity contribution in [3.8, 4) is 6.01 Å². The molecule has 1 aromatic carbocycles. The molecule has 7 heteroatoms. The fourth-order valence-corrected chi connectivity index (χ4v) is 2.36. The van der Waals surface area contributed by atoms with Gasteiger partial charge in [0.25, 0.3) is 0 Å². The topological polar surface area (TPSA) is 47.0 Å². The van der Waals surface area contributed by atoms with Gasteiger partial charge in [0.1, 0.15) is 6.61 Å². The lowest BCUT2D eigenvalue weighted by Crippen LogP contribution is -2.08. The minimum Gasteiger partial charge on any atom is -0.459 e. The Kier molecular flexibility index (Phi) is 4.12. The molecule has 1 heterocycles. The first-order valence-electron chi connectivity index (χ1n) is 6.47. The van der Waals surface area contributed by atoms with Crippen molar-refractivity contribution in [2.24, 2.45) is 0 Å². The molecule has 1 aliphatic rings. The summed E-state index contributed by atoms with van der Waals surface area (Å²) in [5.41, 5.74) is 0.789. The Bertz CT molecular complexity index is 644. The Morgan fingerprint density at radius 3 is 2.62 bits per heavy atom. The third kappa shape index (κ3) is 3.95. The zero-order valence-corrected chi connectivity index (χ0v) is 12.5. The van der Waals surface area contributed by atoms with Crippen molar-refractivity contribution < 1.29 is 9.13 Å². The van der Waals surface area contributed by atoms with E-state index in [4.69, 9.17) is 27.9 Å². The number of nitrogens with one attached hydrogen (secondary N) is 1. The molecule has 4 nitrogen and oxygen atoms in total. The van der Waals surface area contributed by atoms with Crippen LogP contribution in [0.3, 0.4) is 0 Å². The van der Waals surface area contributed by atoms with Crippen molar-refractivity contribution >= 4 is 29.0 Å². The Labute approximate surface area is 131 Å². The summed E-state index contributed by atoms with van der Waals surface area (Å²) < 4.78 is 19.0. The lowest BCUT2D eigenvalue weighted by Gasteiger charge is -2.08. The molecule has 1 N–H and O–H groups in total.